The molecule has 0 atom stereocenters. The first-order valence-electron chi connectivity index (χ1n) is 10.4. The molecule has 168 valence electrons. The molecule has 0 saturated carbocycles. The highest BCUT2D eigenvalue weighted by Crippen LogP contribution is 2.32. The number of thioether (sulfide) groups is 1. The summed E-state index contributed by atoms with van der Waals surface area (Å²) in [6.45, 7) is 2.20. The molecule has 33 heavy (non-hydrogen) atoms. The van der Waals surface area contributed by atoms with E-state index in [1.807, 2.05) is 19.1 Å². The standard InChI is InChI=1S/C22H21N7O3S/c1-2-16-8-5-14(13-23-16)12-18-21(31)29(22(32)33-18)11-3-4-19(30)24-17-9-6-15(7-10-17)20-25-27-28-26-20/h5-10,12-13H,2-4,11H2,1H3,(H,24,30)(H,25,26,27,28)/b18-12-. The number of benzene rings is 1. The number of carbonyl (C=O) groups is 3. The number of imide groups is 1. The molecule has 0 radical (unpaired) electrons. The first-order valence-corrected chi connectivity index (χ1v) is 11.2. The Hall–Kier alpha value is -3.86. The molecule has 1 saturated heterocycles. The summed E-state index contributed by atoms with van der Waals surface area (Å²) in [5.41, 5.74) is 3.12. The minimum atomic E-state index is -0.345. The van der Waals surface area contributed by atoms with Crippen molar-refractivity contribution in [1.29, 1.82) is 0 Å². The molecule has 3 aromatic rings. The smallest absolute Gasteiger partial charge is 0.293 e. The highest BCUT2D eigenvalue weighted by atomic mass is 32.2. The molecule has 2 N–H and O–H groups in total. The molecule has 0 bridgehead atoms. The van der Waals surface area contributed by atoms with Crippen LogP contribution in [0, 0.1) is 0 Å². The van der Waals surface area contributed by atoms with Crippen molar-refractivity contribution in [2.24, 2.45) is 0 Å². The van der Waals surface area contributed by atoms with Gasteiger partial charge in [0.15, 0.2) is 0 Å². The number of nitrogens with zero attached hydrogens (tertiary/aromatic N) is 5. The normalized spacial score (nSPS) is 14.8. The summed E-state index contributed by atoms with van der Waals surface area (Å²) in [5.74, 6) is -0.0812. The zero-order valence-electron chi connectivity index (χ0n) is 17.8. The van der Waals surface area contributed by atoms with Crippen molar-refractivity contribution >= 4 is 40.6 Å². The van der Waals surface area contributed by atoms with Crippen LogP contribution in [-0.2, 0) is 16.0 Å². The van der Waals surface area contributed by atoms with E-state index >= 15 is 0 Å². The summed E-state index contributed by atoms with van der Waals surface area (Å²) in [7, 11) is 0. The lowest BCUT2D eigenvalue weighted by atomic mass is 10.2. The number of hydrogen-bond donors (Lipinski definition) is 2. The van der Waals surface area contributed by atoms with Crippen molar-refractivity contribution in [1.82, 2.24) is 30.5 Å². The maximum absolute atomic E-state index is 12.6. The molecule has 2 aromatic heterocycles. The van der Waals surface area contributed by atoms with E-state index in [-0.39, 0.29) is 30.0 Å². The molecule has 0 unspecified atom stereocenters. The molecule has 10 nitrogen and oxygen atoms in total. The Balaban J connectivity index is 1.27. The Morgan fingerprint density at radius 3 is 2.67 bits per heavy atom. The number of anilines is 1. The van der Waals surface area contributed by atoms with Crippen LogP contribution in [0.4, 0.5) is 10.5 Å². The number of carbonyl (C=O) groups excluding carboxylic acids is 3. The summed E-state index contributed by atoms with van der Waals surface area (Å²) in [4.78, 5) is 43.0. The summed E-state index contributed by atoms with van der Waals surface area (Å²) in [5, 5.41) is 16.2. The van der Waals surface area contributed by atoms with Gasteiger partial charge in [-0.05, 0) is 71.8 Å². The van der Waals surface area contributed by atoms with Crippen LogP contribution >= 0.6 is 11.8 Å². The Bertz CT molecular complexity index is 1180. The highest BCUT2D eigenvalue weighted by molar-refractivity contribution is 8.18. The van der Waals surface area contributed by atoms with E-state index in [0.29, 0.717) is 22.8 Å². The number of hydrogen-bond acceptors (Lipinski definition) is 8. The Morgan fingerprint density at radius 1 is 1.18 bits per heavy atom. The molecular weight excluding hydrogens is 442 g/mol. The van der Waals surface area contributed by atoms with Gasteiger partial charge in [-0.25, -0.2) is 0 Å². The van der Waals surface area contributed by atoms with E-state index < -0.39 is 0 Å². The van der Waals surface area contributed by atoms with Gasteiger partial charge in [-0.3, -0.25) is 24.3 Å². The summed E-state index contributed by atoms with van der Waals surface area (Å²) < 4.78 is 0. The van der Waals surface area contributed by atoms with Crippen LogP contribution in [0.15, 0.2) is 47.5 Å². The van der Waals surface area contributed by atoms with Gasteiger partial charge in [-0.15, -0.1) is 10.2 Å². The summed E-state index contributed by atoms with van der Waals surface area (Å²) in [6, 6.07) is 10.8. The molecule has 1 aliphatic rings. The highest BCUT2D eigenvalue weighted by Gasteiger charge is 2.34. The molecule has 1 fully saturated rings. The zero-order valence-corrected chi connectivity index (χ0v) is 18.6. The van der Waals surface area contributed by atoms with E-state index in [1.54, 1.807) is 36.5 Å². The number of aromatic amines is 1. The number of pyridine rings is 1. The number of amides is 3. The van der Waals surface area contributed by atoms with Crippen LogP contribution in [0.5, 0.6) is 0 Å². The SMILES string of the molecule is CCc1ccc(/C=C2\SC(=O)N(CCCC(=O)Nc3ccc(-c4nn[nH]n4)cc3)C2=O)cn1. The first kappa shape index (κ1) is 22.3. The number of nitrogens with one attached hydrogen (secondary N) is 2. The van der Waals surface area contributed by atoms with Crippen molar-refractivity contribution in [3.8, 4) is 11.4 Å². The molecule has 1 aliphatic heterocycles. The van der Waals surface area contributed by atoms with Crippen molar-refractivity contribution in [3.05, 3.63) is 58.8 Å². The van der Waals surface area contributed by atoms with Gasteiger partial charge in [0.2, 0.25) is 11.7 Å². The van der Waals surface area contributed by atoms with Crippen LogP contribution in [0.25, 0.3) is 17.5 Å². The fraction of sp³-hybridized carbons (Fsp3) is 0.227. The number of H-pyrrole nitrogens is 1. The summed E-state index contributed by atoms with van der Waals surface area (Å²) in [6.07, 6.45) is 4.73. The van der Waals surface area contributed by atoms with Gasteiger partial charge in [0.05, 0.1) is 4.91 Å². The third-order valence-electron chi connectivity index (χ3n) is 4.94. The Kier molecular flexibility index (Phi) is 6.89. The van der Waals surface area contributed by atoms with Crippen LogP contribution in [0.2, 0.25) is 0 Å². The molecule has 3 amide bonds. The Morgan fingerprint density at radius 2 is 2.00 bits per heavy atom. The minimum absolute atomic E-state index is 0.176. The third kappa shape index (κ3) is 5.50. The monoisotopic (exact) mass is 463 g/mol. The van der Waals surface area contributed by atoms with Gasteiger partial charge < -0.3 is 5.32 Å². The molecule has 11 heteroatoms. The van der Waals surface area contributed by atoms with Crippen molar-refractivity contribution in [2.75, 3.05) is 11.9 Å². The fourth-order valence-electron chi connectivity index (χ4n) is 3.18. The van der Waals surface area contributed by atoms with Crippen molar-refractivity contribution in [3.63, 3.8) is 0 Å². The predicted octanol–water partition coefficient (Wildman–Crippen LogP) is 3.28. The van der Waals surface area contributed by atoms with Crippen LogP contribution < -0.4 is 5.32 Å². The van der Waals surface area contributed by atoms with E-state index in [9.17, 15) is 14.4 Å². The van der Waals surface area contributed by atoms with E-state index in [1.165, 1.54) is 4.90 Å². The molecule has 0 spiro atoms. The lowest BCUT2D eigenvalue weighted by molar-refractivity contribution is -0.123. The van der Waals surface area contributed by atoms with Crippen molar-refractivity contribution in [2.45, 2.75) is 26.2 Å². The molecule has 4 rings (SSSR count). The molecular formula is C22H21N7O3S. The second-order valence-electron chi connectivity index (χ2n) is 7.23. The van der Waals surface area contributed by atoms with Gasteiger partial charge in [0, 0.05) is 36.1 Å². The predicted molar refractivity (Wildman–Crippen MR) is 124 cm³/mol. The van der Waals surface area contributed by atoms with Crippen LogP contribution in [-0.4, -0.2) is 54.1 Å². The summed E-state index contributed by atoms with van der Waals surface area (Å²) >= 11 is 0.901. The topological polar surface area (TPSA) is 134 Å². The third-order valence-corrected chi connectivity index (χ3v) is 5.85. The number of aryl methyl sites for hydroxylation is 1. The van der Waals surface area contributed by atoms with Gasteiger partial charge in [0.25, 0.3) is 11.1 Å². The maximum atomic E-state index is 12.6. The number of rotatable bonds is 8. The number of aromatic nitrogens is 5. The molecule has 0 aliphatic carbocycles. The zero-order chi connectivity index (χ0) is 23.2. The van der Waals surface area contributed by atoms with Gasteiger partial charge in [-0.1, -0.05) is 13.0 Å². The lowest BCUT2D eigenvalue weighted by Crippen LogP contribution is -2.29. The number of tetrazole rings is 1. The van der Waals surface area contributed by atoms with Gasteiger partial charge >= 0.3 is 0 Å². The Labute approximate surface area is 193 Å². The van der Waals surface area contributed by atoms with E-state index in [2.05, 4.69) is 30.9 Å². The largest absolute Gasteiger partial charge is 0.326 e. The molecule has 1 aromatic carbocycles. The van der Waals surface area contributed by atoms with Crippen LogP contribution in [0.1, 0.15) is 31.0 Å². The average Bonchev–Trinajstić information content (AvgIpc) is 3.45. The first-order chi connectivity index (χ1) is 16.0. The lowest BCUT2D eigenvalue weighted by Gasteiger charge is -2.12. The van der Waals surface area contributed by atoms with Gasteiger partial charge in [0.1, 0.15) is 0 Å². The maximum Gasteiger partial charge on any atom is 0.293 e. The van der Waals surface area contributed by atoms with Gasteiger partial charge in [-0.2, -0.15) is 5.21 Å². The van der Waals surface area contributed by atoms with Crippen molar-refractivity contribution < 1.29 is 14.4 Å². The van der Waals surface area contributed by atoms with E-state index in [4.69, 9.17) is 0 Å². The quantitative estimate of drug-likeness (QED) is 0.486. The van der Waals surface area contributed by atoms with E-state index in [0.717, 1.165) is 35.0 Å². The second kappa shape index (κ2) is 10.2. The minimum Gasteiger partial charge on any atom is -0.326 e. The molecule has 3 heterocycles. The average molecular weight is 464 g/mol. The van der Waals surface area contributed by atoms with Crippen LogP contribution in [0.3, 0.4) is 0 Å². The second-order valence-corrected chi connectivity index (χ2v) is 8.23. The fourth-order valence-corrected chi connectivity index (χ4v) is 4.05.